The van der Waals surface area contributed by atoms with Gasteiger partial charge in [0.15, 0.2) is 8.07 Å². The van der Waals surface area contributed by atoms with Gasteiger partial charge in [0, 0.05) is 33.5 Å². The molecule has 3 heteroatoms. The van der Waals surface area contributed by atoms with Crippen LogP contribution in [0.2, 0.25) is 0 Å². The van der Waals surface area contributed by atoms with E-state index in [0.29, 0.717) is 0 Å². The van der Waals surface area contributed by atoms with E-state index in [0.717, 1.165) is 28.3 Å². The van der Waals surface area contributed by atoms with Gasteiger partial charge in [0.1, 0.15) is 0 Å². The van der Waals surface area contributed by atoms with Crippen LogP contribution in [0.4, 0.5) is 17.1 Å². The van der Waals surface area contributed by atoms with Crippen LogP contribution in [0, 0.1) is 0 Å². The van der Waals surface area contributed by atoms with Gasteiger partial charge in [-0.3, -0.25) is 0 Å². The topological polar surface area (TPSA) is 8.17 Å². The van der Waals surface area contributed by atoms with E-state index in [1.54, 1.807) is 0 Å². The minimum atomic E-state index is -2.72. The van der Waals surface area contributed by atoms with Crippen molar-refractivity contribution in [1.29, 1.82) is 0 Å². The van der Waals surface area contributed by atoms with Crippen LogP contribution in [-0.4, -0.2) is 12.6 Å². The molecule has 1 aromatic heterocycles. The van der Waals surface area contributed by atoms with E-state index < -0.39 is 8.07 Å². The summed E-state index contributed by atoms with van der Waals surface area (Å²) in [6.45, 7) is 0. The summed E-state index contributed by atoms with van der Waals surface area (Å²) in [6.07, 6.45) is 0. The van der Waals surface area contributed by atoms with Crippen molar-refractivity contribution in [3.63, 3.8) is 0 Å². The third kappa shape index (κ3) is 8.26. The van der Waals surface area contributed by atoms with Gasteiger partial charge in [-0.25, -0.2) is 0 Å². The summed E-state index contributed by atoms with van der Waals surface area (Å²) in [5, 5.41) is 7.92. The van der Waals surface area contributed by atoms with E-state index in [9.17, 15) is 0 Å². The zero-order valence-electron chi connectivity index (χ0n) is 41.4. The highest BCUT2D eigenvalue weighted by molar-refractivity contribution is 7.19. The normalized spacial score (nSPS) is 11.5. The molecule has 75 heavy (non-hydrogen) atoms. The number of fused-ring (bicyclic) bond motifs is 3. The van der Waals surface area contributed by atoms with Gasteiger partial charge in [-0.15, -0.1) is 0 Å². The molecule has 354 valence electrons. The number of benzene rings is 12. The number of nitrogens with zero attached hydrogens (tertiary/aromatic N) is 2. The molecular formula is C72H52N2Si. The van der Waals surface area contributed by atoms with Crippen molar-refractivity contribution in [2.45, 2.75) is 0 Å². The van der Waals surface area contributed by atoms with Crippen LogP contribution >= 0.6 is 0 Å². The molecule has 13 rings (SSSR count). The summed E-state index contributed by atoms with van der Waals surface area (Å²) >= 11 is 0. The van der Waals surface area contributed by atoms with Gasteiger partial charge in [-0.2, -0.15) is 0 Å². The predicted octanol–water partition coefficient (Wildman–Crippen LogP) is 16.3. The zero-order chi connectivity index (χ0) is 50.0. The first kappa shape index (κ1) is 45.3. The number of hydrogen-bond donors (Lipinski definition) is 0. The van der Waals surface area contributed by atoms with Gasteiger partial charge in [0.05, 0.1) is 11.0 Å². The molecule has 0 aliphatic rings. The van der Waals surface area contributed by atoms with Crippen molar-refractivity contribution in [2.24, 2.45) is 0 Å². The SMILES string of the molecule is c1ccc(-c2ccccc2-c2ccc(N(c3ccc(-c4ccc(-c5cccc6c5c5ccccc5n6-c5ccccc5)cc4)cc3)c3ccc([Si](c4ccccc4)(c4ccccc4)c4ccccc4)cc3)cc2)cc1. The lowest BCUT2D eigenvalue weighted by atomic mass is 9.94. The highest BCUT2D eigenvalue weighted by Crippen LogP contribution is 2.41. The Morgan fingerprint density at radius 1 is 0.240 bits per heavy atom. The van der Waals surface area contributed by atoms with Crippen molar-refractivity contribution in [3.8, 4) is 50.2 Å². The van der Waals surface area contributed by atoms with Gasteiger partial charge in [0.2, 0.25) is 0 Å². The summed E-state index contributed by atoms with van der Waals surface area (Å²) in [5.74, 6) is 0. The van der Waals surface area contributed by atoms with Crippen LogP contribution < -0.4 is 25.6 Å². The monoisotopic (exact) mass is 972 g/mol. The first-order valence-electron chi connectivity index (χ1n) is 25.8. The van der Waals surface area contributed by atoms with E-state index in [4.69, 9.17) is 0 Å². The van der Waals surface area contributed by atoms with E-state index in [-0.39, 0.29) is 0 Å². The molecule has 0 amide bonds. The van der Waals surface area contributed by atoms with E-state index >= 15 is 0 Å². The van der Waals surface area contributed by atoms with Gasteiger partial charge >= 0.3 is 0 Å². The van der Waals surface area contributed by atoms with Crippen molar-refractivity contribution in [3.05, 3.63) is 315 Å². The second-order valence-electron chi connectivity index (χ2n) is 19.2. The van der Waals surface area contributed by atoms with Gasteiger partial charge in [-0.1, -0.05) is 255 Å². The molecule has 13 aromatic rings. The minimum Gasteiger partial charge on any atom is -0.311 e. The zero-order valence-corrected chi connectivity index (χ0v) is 42.4. The maximum Gasteiger partial charge on any atom is 0.179 e. The first-order valence-corrected chi connectivity index (χ1v) is 27.8. The Morgan fingerprint density at radius 2 is 0.587 bits per heavy atom. The molecule has 0 unspecified atom stereocenters. The molecule has 2 nitrogen and oxygen atoms in total. The Bertz CT molecular complexity index is 3950. The molecule has 0 radical (unpaired) electrons. The van der Waals surface area contributed by atoms with E-state index in [1.165, 1.54) is 81.5 Å². The highest BCUT2D eigenvalue weighted by Gasteiger charge is 2.41. The number of hydrogen-bond acceptors (Lipinski definition) is 1. The molecule has 0 N–H and O–H groups in total. The molecule has 0 saturated carbocycles. The molecule has 0 atom stereocenters. The summed E-state index contributed by atoms with van der Waals surface area (Å²) in [4.78, 5) is 2.40. The maximum absolute atomic E-state index is 2.72. The lowest BCUT2D eigenvalue weighted by Gasteiger charge is -2.35. The van der Waals surface area contributed by atoms with E-state index in [2.05, 4.69) is 325 Å². The minimum absolute atomic E-state index is 1.08. The molecule has 0 spiro atoms. The molecule has 1 heterocycles. The average molecular weight is 973 g/mol. The summed E-state index contributed by atoms with van der Waals surface area (Å²) in [7, 11) is -2.72. The van der Waals surface area contributed by atoms with Crippen LogP contribution in [-0.2, 0) is 0 Å². The quantitative estimate of drug-likeness (QED) is 0.0875. The highest BCUT2D eigenvalue weighted by atomic mass is 28.3. The third-order valence-corrected chi connectivity index (χ3v) is 19.8. The average Bonchev–Trinajstić information content (AvgIpc) is 3.84. The van der Waals surface area contributed by atoms with Gasteiger partial charge < -0.3 is 9.47 Å². The number of rotatable bonds is 12. The summed E-state index contributed by atoms with van der Waals surface area (Å²) in [6, 6.07) is 116. The van der Waals surface area contributed by atoms with Crippen LogP contribution in [0.15, 0.2) is 315 Å². The molecule has 0 fully saturated rings. The van der Waals surface area contributed by atoms with Crippen molar-refractivity contribution in [1.82, 2.24) is 4.57 Å². The van der Waals surface area contributed by atoms with Crippen LogP contribution in [0.25, 0.3) is 72.0 Å². The van der Waals surface area contributed by atoms with Gasteiger partial charge in [0.25, 0.3) is 0 Å². The Hall–Kier alpha value is -9.54. The van der Waals surface area contributed by atoms with Crippen LogP contribution in [0.3, 0.4) is 0 Å². The van der Waals surface area contributed by atoms with Crippen molar-refractivity contribution < 1.29 is 0 Å². The second-order valence-corrected chi connectivity index (χ2v) is 23.0. The summed E-state index contributed by atoms with van der Waals surface area (Å²) < 4.78 is 2.39. The Balaban J connectivity index is 0.888. The Kier molecular flexibility index (Phi) is 12.0. The van der Waals surface area contributed by atoms with Crippen LogP contribution in [0.1, 0.15) is 0 Å². The standard InChI is InChI=1S/C72H52N2Si/c1-6-21-55(22-7-1)66-31-16-17-32-67(66)56-43-47-60(48-44-56)73(61-49-51-65(52-50-61)75(62-25-10-3-11-26-62,63-27-12-4-13-28-63)64-29-14-5-15-30-64)59-45-41-54(42-46-59)53-37-39-57(40-38-53)68-34-20-36-71-72(68)69-33-18-19-35-70(69)74(71)58-23-8-2-9-24-58/h1-52H. The fourth-order valence-electron chi connectivity index (χ4n) is 11.5. The second kappa shape index (κ2) is 19.8. The third-order valence-electron chi connectivity index (χ3n) is 15.0. The lowest BCUT2D eigenvalue weighted by Crippen LogP contribution is -2.74. The van der Waals surface area contributed by atoms with E-state index in [1.807, 2.05) is 0 Å². The van der Waals surface area contributed by atoms with Crippen molar-refractivity contribution >= 4 is 67.7 Å². The van der Waals surface area contributed by atoms with Crippen molar-refractivity contribution in [2.75, 3.05) is 4.90 Å². The first-order chi connectivity index (χ1) is 37.2. The summed E-state index contributed by atoms with van der Waals surface area (Å²) in [5.41, 5.74) is 16.4. The molecule has 0 saturated heterocycles. The smallest absolute Gasteiger partial charge is 0.179 e. The number of anilines is 3. The number of aromatic nitrogens is 1. The Morgan fingerprint density at radius 3 is 1.12 bits per heavy atom. The van der Waals surface area contributed by atoms with Gasteiger partial charge in [-0.05, 0) is 126 Å². The largest absolute Gasteiger partial charge is 0.311 e. The maximum atomic E-state index is 2.40. The molecule has 0 aliphatic carbocycles. The number of para-hydroxylation sites is 2. The molecule has 12 aromatic carbocycles. The Labute approximate surface area is 440 Å². The molecule has 0 aliphatic heterocycles. The fraction of sp³-hybridized carbons (Fsp3) is 0. The van der Waals surface area contributed by atoms with Crippen LogP contribution in [0.5, 0.6) is 0 Å². The fourth-order valence-corrected chi connectivity index (χ4v) is 16.3. The molecular weight excluding hydrogens is 921 g/mol. The predicted molar refractivity (Wildman–Crippen MR) is 321 cm³/mol. The lowest BCUT2D eigenvalue weighted by molar-refractivity contribution is 1.18. The molecule has 0 bridgehead atoms.